The predicted molar refractivity (Wildman–Crippen MR) is 138 cm³/mol. The summed E-state index contributed by atoms with van der Waals surface area (Å²) in [5.74, 6) is 3.04. The first-order valence-electron chi connectivity index (χ1n) is 13.7. The summed E-state index contributed by atoms with van der Waals surface area (Å²) in [6.07, 6.45) is 11.7. The highest BCUT2D eigenvalue weighted by Gasteiger charge is 2.54. The second-order valence-electron chi connectivity index (χ2n) is 12.4. The van der Waals surface area contributed by atoms with Crippen LogP contribution in [-0.2, 0) is 17.9 Å². The normalized spacial score (nSPS) is 27.8. The van der Waals surface area contributed by atoms with Crippen LogP contribution >= 0.6 is 0 Å². The summed E-state index contributed by atoms with van der Waals surface area (Å²) in [6, 6.07) is 9.46. The molecule has 3 aliphatic rings. The molecule has 2 heterocycles. The number of Topliss-reactive ketones (excluding diaryl/α,β-unsaturated/α-hetero) is 1. The Hall–Kier alpha value is -1.94. The van der Waals surface area contributed by atoms with Crippen LogP contribution in [0.3, 0.4) is 0 Å². The van der Waals surface area contributed by atoms with Gasteiger partial charge in [0.1, 0.15) is 5.78 Å². The number of ketones is 1. The number of benzene rings is 1. The van der Waals surface area contributed by atoms with E-state index >= 15 is 0 Å². The molecule has 0 atom stereocenters. The summed E-state index contributed by atoms with van der Waals surface area (Å²) in [5, 5.41) is 4.58. The van der Waals surface area contributed by atoms with Crippen LogP contribution in [-0.4, -0.2) is 33.6 Å². The first-order valence-corrected chi connectivity index (χ1v) is 13.7. The van der Waals surface area contributed by atoms with Gasteiger partial charge in [0.05, 0.1) is 6.20 Å². The zero-order valence-corrected chi connectivity index (χ0v) is 21.7. The van der Waals surface area contributed by atoms with Crippen LogP contribution in [0.5, 0.6) is 0 Å². The number of hydrogen-bond donors (Lipinski definition) is 0. The molecular weight excluding hydrogens is 418 g/mol. The van der Waals surface area contributed by atoms with Gasteiger partial charge in [-0.3, -0.25) is 14.4 Å². The predicted octanol–water partition coefficient (Wildman–Crippen LogP) is 6.42. The van der Waals surface area contributed by atoms with Crippen LogP contribution < -0.4 is 0 Å². The molecule has 34 heavy (non-hydrogen) atoms. The van der Waals surface area contributed by atoms with Crippen LogP contribution in [0.4, 0.5) is 0 Å². The molecule has 1 aliphatic heterocycles. The van der Waals surface area contributed by atoms with Crippen molar-refractivity contribution in [3.8, 4) is 0 Å². The van der Waals surface area contributed by atoms with Crippen LogP contribution in [0, 0.1) is 23.2 Å². The van der Waals surface area contributed by atoms with Gasteiger partial charge in [0.15, 0.2) is 0 Å². The Kier molecular flexibility index (Phi) is 6.72. The molecule has 2 aromatic rings. The highest BCUT2D eigenvalue weighted by Crippen LogP contribution is 2.64. The molecule has 0 unspecified atom stereocenters. The van der Waals surface area contributed by atoms with Crippen LogP contribution in [0.1, 0.15) is 94.7 Å². The molecule has 1 spiro atoms. The monoisotopic (exact) mass is 461 g/mol. The Labute approximate surface area is 206 Å². The van der Waals surface area contributed by atoms with Gasteiger partial charge in [-0.25, -0.2) is 0 Å². The zero-order chi connectivity index (χ0) is 23.9. The SMILES string of the molecule is CC(C)C(=O)C1CC2(C1)CC(c1ccc(CN3CCC(Cn4cc(C(C)C)cn4)CC3)cc1)C2. The quantitative estimate of drug-likeness (QED) is 0.455. The molecule has 4 nitrogen and oxygen atoms in total. The van der Waals surface area contributed by atoms with Gasteiger partial charge in [0.2, 0.25) is 0 Å². The van der Waals surface area contributed by atoms with E-state index in [0.29, 0.717) is 29.0 Å². The average Bonchev–Trinajstić information content (AvgIpc) is 3.23. The van der Waals surface area contributed by atoms with Gasteiger partial charge in [-0.05, 0) is 91.5 Å². The van der Waals surface area contributed by atoms with Gasteiger partial charge in [-0.15, -0.1) is 0 Å². The Morgan fingerprint density at radius 1 is 1.03 bits per heavy atom. The minimum atomic E-state index is 0.200. The number of nitrogens with zero attached hydrogens (tertiary/aromatic N) is 3. The molecule has 0 N–H and O–H groups in total. The van der Waals surface area contributed by atoms with E-state index in [9.17, 15) is 4.79 Å². The van der Waals surface area contributed by atoms with Crippen molar-refractivity contribution < 1.29 is 4.79 Å². The van der Waals surface area contributed by atoms with Crippen LogP contribution in [0.15, 0.2) is 36.7 Å². The van der Waals surface area contributed by atoms with Crippen molar-refractivity contribution in [2.45, 2.75) is 91.1 Å². The number of piperidine rings is 1. The average molecular weight is 462 g/mol. The van der Waals surface area contributed by atoms with Crippen LogP contribution in [0.25, 0.3) is 0 Å². The highest BCUT2D eigenvalue weighted by atomic mass is 16.1. The smallest absolute Gasteiger partial charge is 0.138 e. The summed E-state index contributed by atoms with van der Waals surface area (Å²) in [5.41, 5.74) is 4.79. The number of hydrogen-bond acceptors (Lipinski definition) is 3. The van der Waals surface area contributed by atoms with E-state index in [0.717, 1.165) is 31.8 Å². The lowest BCUT2D eigenvalue weighted by atomic mass is 9.46. The molecule has 0 amide bonds. The molecule has 2 saturated carbocycles. The molecule has 1 aromatic carbocycles. The third-order valence-electron chi connectivity index (χ3n) is 9.02. The lowest BCUT2D eigenvalue weighted by molar-refractivity contribution is -0.139. The van der Waals surface area contributed by atoms with Crippen molar-refractivity contribution in [2.24, 2.45) is 23.2 Å². The summed E-state index contributed by atoms with van der Waals surface area (Å²) in [6.45, 7) is 13.1. The fraction of sp³-hybridized carbons (Fsp3) is 0.667. The first kappa shape index (κ1) is 23.8. The second kappa shape index (κ2) is 9.60. The van der Waals surface area contributed by atoms with Gasteiger partial charge in [-0.1, -0.05) is 52.0 Å². The van der Waals surface area contributed by atoms with Gasteiger partial charge in [-0.2, -0.15) is 5.10 Å². The molecule has 1 saturated heterocycles. The van der Waals surface area contributed by atoms with E-state index in [1.807, 2.05) is 20.0 Å². The standard InChI is InChI=1S/C30H43N3O/c1-21(2)28-17-31-33(20-28)19-24-9-11-32(12-10-24)18-23-5-7-25(8-6-23)26-13-30(14-26)15-27(16-30)29(34)22(3)4/h5-8,17,20-22,24,26-27H,9-16,18-19H2,1-4H3. The maximum absolute atomic E-state index is 12.2. The van der Waals surface area contributed by atoms with Gasteiger partial charge in [0, 0.05) is 31.1 Å². The largest absolute Gasteiger partial charge is 0.299 e. The third-order valence-corrected chi connectivity index (χ3v) is 9.02. The van der Waals surface area contributed by atoms with E-state index in [2.05, 4.69) is 59.0 Å². The van der Waals surface area contributed by atoms with E-state index in [4.69, 9.17) is 0 Å². The van der Waals surface area contributed by atoms with Gasteiger partial charge < -0.3 is 0 Å². The number of rotatable bonds is 8. The zero-order valence-electron chi connectivity index (χ0n) is 21.7. The van der Waals surface area contributed by atoms with Gasteiger partial charge >= 0.3 is 0 Å². The number of likely N-dealkylation sites (tertiary alicyclic amines) is 1. The molecule has 2 aliphatic carbocycles. The molecule has 184 valence electrons. The molecule has 5 rings (SSSR count). The maximum Gasteiger partial charge on any atom is 0.138 e. The minimum absolute atomic E-state index is 0.200. The molecule has 4 heteroatoms. The topological polar surface area (TPSA) is 38.1 Å². The number of carbonyl (C=O) groups is 1. The molecular formula is C30H43N3O. The van der Waals surface area contributed by atoms with E-state index in [1.165, 1.54) is 55.5 Å². The van der Waals surface area contributed by atoms with Crippen molar-refractivity contribution in [3.05, 3.63) is 53.3 Å². The van der Waals surface area contributed by atoms with Crippen LogP contribution in [0.2, 0.25) is 0 Å². The Morgan fingerprint density at radius 3 is 2.29 bits per heavy atom. The molecule has 1 aromatic heterocycles. The van der Waals surface area contributed by atoms with Crippen molar-refractivity contribution in [1.82, 2.24) is 14.7 Å². The Morgan fingerprint density at radius 2 is 1.71 bits per heavy atom. The highest BCUT2D eigenvalue weighted by molar-refractivity contribution is 5.83. The minimum Gasteiger partial charge on any atom is -0.299 e. The van der Waals surface area contributed by atoms with E-state index < -0.39 is 0 Å². The fourth-order valence-corrected chi connectivity index (χ4v) is 6.74. The summed E-state index contributed by atoms with van der Waals surface area (Å²) < 4.78 is 2.16. The third kappa shape index (κ3) is 5.03. The lowest BCUT2D eigenvalue weighted by Crippen LogP contribution is -2.49. The molecule has 0 radical (unpaired) electrons. The van der Waals surface area contributed by atoms with Crippen molar-refractivity contribution >= 4 is 5.78 Å². The van der Waals surface area contributed by atoms with E-state index in [-0.39, 0.29) is 5.92 Å². The summed E-state index contributed by atoms with van der Waals surface area (Å²) in [4.78, 5) is 14.8. The maximum atomic E-state index is 12.2. The van der Waals surface area contributed by atoms with Gasteiger partial charge in [0.25, 0.3) is 0 Å². The molecule has 3 fully saturated rings. The Balaban J connectivity index is 1.04. The number of carbonyl (C=O) groups excluding carboxylic acids is 1. The van der Waals surface area contributed by atoms with Crippen molar-refractivity contribution in [1.29, 1.82) is 0 Å². The summed E-state index contributed by atoms with van der Waals surface area (Å²) in [7, 11) is 0. The Bertz CT molecular complexity index is 967. The fourth-order valence-electron chi connectivity index (χ4n) is 6.74. The lowest BCUT2D eigenvalue weighted by Gasteiger charge is -2.58. The van der Waals surface area contributed by atoms with E-state index in [1.54, 1.807) is 0 Å². The van der Waals surface area contributed by atoms with Crippen molar-refractivity contribution in [2.75, 3.05) is 13.1 Å². The van der Waals surface area contributed by atoms with Crippen molar-refractivity contribution in [3.63, 3.8) is 0 Å². The molecule has 0 bridgehead atoms. The first-order chi connectivity index (χ1) is 16.3. The second-order valence-corrected chi connectivity index (χ2v) is 12.4. The summed E-state index contributed by atoms with van der Waals surface area (Å²) >= 11 is 0. The number of aromatic nitrogens is 2.